The van der Waals surface area contributed by atoms with E-state index in [1.807, 2.05) is 0 Å². The van der Waals surface area contributed by atoms with Crippen LogP contribution in [0.1, 0.15) is 59.3 Å². The summed E-state index contributed by atoms with van der Waals surface area (Å²) in [6.45, 7) is 9.69. The number of hydrogen-bond acceptors (Lipinski definition) is 2. The SMILES string of the molecule is CCCC1CCC(N)C(N2CCC(C)C(C)C2)C1. The first-order valence-electron chi connectivity index (χ1n) is 8.11. The molecule has 1 aliphatic carbocycles. The maximum absolute atomic E-state index is 6.41. The van der Waals surface area contributed by atoms with Gasteiger partial charge in [0, 0.05) is 18.6 Å². The van der Waals surface area contributed by atoms with E-state index < -0.39 is 0 Å². The van der Waals surface area contributed by atoms with Crippen LogP contribution in [0.2, 0.25) is 0 Å². The Morgan fingerprint density at radius 3 is 2.56 bits per heavy atom. The molecule has 2 heteroatoms. The molecule has 2 fully saturated rings. The van der Waals surface area contributed by atoms with Gasteiger partial charge in [-0.25, -0.2) is 0 Å². The number of rotatable bonds is 3. The van der Waals surface area contributed by atoms with Crippen LogP contribution in [0.3, 0.4) is 0 Å². The van der Waals surface area contributed by atoms with E-state index in [4.69, 9.17) is 5.73 Å². The van der Waals surface area contributed by atoms with Crippen LogP contribution in [0.5, 0.6) is 0 Å². The summed E-state index contributed by atoms with van der Waals surface area (Å²) in [5.41, 5.74) is 6.41. The quantitative estimate of drug-likeness (QED) is 0.835. The van der Waals surface area contributed by atoms with E-state index in [2.05, 4.69) is 25.7 Å². The topological polar surface area (TPSA) is 29.3 Å². The fraction of sp³-hybridized carbons (Fsp3) is 1.00. The van der Waals surface area contributed by atoms with Crippen molar-refractivity contribution in [1.82, 2.24) is 4.90 Å². The Morgan fingerprint density at radius 2 is 1.89 bits per heavy atom. The predicted molar refractivity (Wildman–Crippen MR) is 78.5 cm³/mol. The summed E-state index contributed by atoms with van der Waals surface area (Å²) in [4.78, 5) is 2.72. The molecule has 0 aromatic heterocycles. The summed E-state index contributed by atoms with van der Waals surface area (Å²) in [5.74, 6) is 2.68. The maximum Gasteiger partial charge on any atom is 0.0249 e. The Labute approximate surface area is 113 Å². The van der Waals surface area contributed by atoms with Crippen molar-refractivity contribution >= 4 is 0 Å². The van der Waals surface area contributed by atoms with Gasteiger partial charge in [-0.05, 0) is 50.0 Å². The lowest BCUT2D eigenvalue weighted by Crippen LogP contribution is -2.54. The lowest BCUT2D eigenvalue weighted by molar-refractivity contribution is 0.0512. The molecule has 0 aromatic carbocycles. The van der Waals surface area contributed by atoms with Crippen molar-refractivity contribution in [2.45, 2.75) is 71.4 Å². The Morgan fingerprint density at radius 1 is 1.11 bits per heavy atom. The van der Waals surface area contributed by atoms with Crippen LogP contribution in [-0.2, 0) is 0 Å². The van der Waals surface area contributed by atoms with Gasteiger partial charge in [0.1, 0.15) is 0 Å². The Hall–Kier alpha value is -0.0800. The molecule has 0 spiro atoms. The minimum Gasteiger partial charge on any atom is -0.326 e. The summed E-state index contributed by atoms with van der Waals surface area (Å²) in [7, 11) is 0. The van der Waals surface area contributed by atoms with Crippen molar-refractivity contribution in [2.24, 2.45) is 23.5 Å². The van der Waals surface area contributed by atoms with Gasteiger partial charge in [-0.2, -0.15) is 0 Å². The highest BCUT2D eigenvalue weighted by atomic mass is 15.2. The first-order chi connectivity index (χ1) is 8.61. The van der Waals surface area contributed by atoms with Crippen LogP contribution in [0.25, 0.3) is 0 Å². The Kier molecular flexibility index (Phi) is 5.08. The van der Waals surface area contributed by atoms with Gasteiger partial charge in [0.2, 0.25) is 0 Å². The first kappa shape index (κ1) is 14.3. The predicted octanol–water partition coefficient (Wildman–Crippen LogP) is 3.26. The molecule has 0 aromatic rings. The third-order valence-electron chi connectivity index (χ3n) is 5.51. The van der Waals surface area contributed by atoms with Gasteiger partial charge >= 0.3 is 0 Å². The minimum absolute atomic E-state index is 0.429. The van der Waals surface area contributed by atoms with E-state index in [0.29, 0.717) is 12.1 Å². The second-order valence-electron chi connectivity index (χ2n) is 6.94. The molecule has 2 nitrogen and oxygen atoms in total. The molecular weight excluding hydrogens is 220 g/mol. The number of nitrogens with two attached hydrogens (primary N) is 1. The van der Waals surface area contributed by atoms with Crippen LogP contribution < -0.4 is 5.73 Å². The molecular formula is C16H32N2. The smallest absolute Gasteiger partial charge is 0.0249 e. The van der Waals surface area contributed by atoms with Gasteiger partial charge in [0.05, 0.1) is 0 Å². The first-order valence-corrected chi connectivity index (χ1v) is 8.11. The summed E-state index contributed by atoms with van der Waals surface area (Å²) < 4.78 is 0. The van der Waals surface area contributed by atoms with E-state index in [1.165, 1.54) is 51.6 Å². The molecule has 5 unspecified atom stereocenters. The van der Waals surface area contributed by atoms with Crippen molar-refractivity contribution in [3.05, 3.63) is 0 Å². The largest absolute Gasteiger partial charge is 0.326 e. The summed E-state index contributed by atoms with van der Waals surface area (Å²) in [6.07, 6.45) is 8.07. The summed E-state index contributed by atoms with van der Waals surface area (Å²) in [5, 5.41) is 0. The van der Waals surface area contributed by atoms with Gasteiger partial charge in [0.15, 0.2) is 0 Å². The number of hydrogen-bond donors (Lipinski definition) is 1. The number of nitrogens with zero attached hydrogens (tertiary/aromatic N) is 1. The van der Waals surface area contributed by atoms with Crippen molar-refractivity contribution < 1.29 is 0 Å². The molecule has 0 amide bonds. The molecule has 1 heterocycles. The Bertz CT molecular complexity index is 253. The zero-order valence-electron chi connectivity index (χ0n) is 12.6. The molecule has 1 saturated heterocycles. The van der Waals surface area contributed by atoms with Gasteiger partial charge in [-0.1, -0.05) is 33.6 Å². The number of likely N-dealkylation sites (tertiary alicyclic amines) is 1. The van der Waals surface area contributed by atoms with Gasteiger partial charge < -0.3 is 5.73 Å². The number of piperidine rings is 1. The Balaban J connectivity index is 1.93. The zero-order chi connectivity index (χ0) is 13.1. The average molecular weight is 252 g/mol. The second kappa shape index (κ2) is 6.38. The molecule has 2 rings (SSSR count). The molecule has 0 bridgehead atoms. The van der Waals surface area contributed by atoms with E-state index in [1.54, 1.807) is 0 Å². The standard InChI is InChI=1S/C16H32N2/c1-4-5-14-6-7-15(17)16(10-14)18-9-8-12(2)13(3)11-18/h12-16H,4-11,17H2,1-3H3. The molecule has 1 saturated carbocycles. The maximum atomic E-state index is 6.41. The van der Waals surface area contributed by atoms with Crippen molar-refractivity contribution in [1.29, 1.82) is 0 Å². The van der Waals surface area contributed by atoms with Crippen LogP contribution in [-0.4, -0.2) is 30.1 Å². The fourth-order valence-electron chi connectivity index (χ4n) is 3.94. The lowest BCUT2D eigenvalue weighted by Gasteiger charge is -2.45. The highest BCUT2D eigenvalue weighted by Gasteiger charge is 2.35. The highest BCUT2D eigenvalue weighted by Crippen LogP contribution is 2.33. The van der Waals surface area contributed by atoms with E-state index in [9.17, 15) is 0 Å². The van der Waals surface area contributed by atoms with Crippen LogP contribution in [0.4, 0.5) is 0 Å². The summed E-state index contributed by atoms with van der Waals surface area (Å²) in [6, 6.07) is 1.10. The average Bonchev–Trinajstić information content (AvgIpc) is 2.35. The molecule has 2 aliphatic rings. The van der Waals surface area contributed by atoms with E-state index >= 15 is 0 Å². The second-order valence-corrected chi connectivity index (χ2v) is 6.94. The molecule has 1 aliphatic heterocycles. The van der Waals surface area contributed by atoms with E-state index in [0.717, 1.165) is 17.8 Å². The molecule has 18 heavy (non-hydrogen) atoms. The normalized spacial score (nSPS) is 43.0. The van der Waals surface area contributed by atoms with Crippen LogP contribution >= 0.6 is 0 Å². The summed E-state index contributed by atoms with van der Waals surface area (Å²) >= 11 is 0. The van der Waals surface area contributed by atoms with Crippen molar-refractivity contribution in [2.75, 3.05) is 13.1 Å². The van der Waals surface area contributed by atoms with Crippen LogP contribution in [0, 0.1) is 17.8 Å². The zero-order valence-corrected chi connectivity index (χ0v) is 12.6. The molecule has 0 radical (unpaired) electrons. The molecule has 5 atom stereocenters. The molecule has 106 valence electrons. The monoisotopic (exact) mass is 252 g/mol. The van der Waals surface area contributed by atoms with Crippen molar-refractivity contribution in [3.63, 3.8) is 0 Å². The van der Waals surface area contributed by atoms with Gasteiger partial charge in [0.25, 0.3) is 0 Å². The minimum atomic E-state index is 0.429. The molecule has 2 N–H and O–H groups in total. The lowest BCUT2D eigenvalue weighted by atomic mass is 9.78. The third kappa shape index (κ3) is 3.27. The fourth-order valence-corrected chi connectivity index (χ4v) is 3.94. The van der Waals surface area contributed by atoms with E-state index in [-0.39, 0.29) is 0 Å². The van der Waals surface area contributed by atoms with Gasteiger partial charge in [-0.3, -0.25) is 4.90 Å². The van der Waals surface area contributed by atoms with Gasteiger partial charge in [-0.15, -0.1) is 0 Å². The third-order valence-corrected chi connectivity index (χ3v) is 5.51. The highest BCUT2D eigenvalue weighted by molar-refractivity contribution is 4.91. The van der Waals surface area contributed by atoms with Crippen LogP contribution in [0.15, 0.2) is 0 Å². The van der Waals surface area contributed by atoms with Crippen molar-refractivity contribution in [3.8, 4) is 0 Å².